The Morgan fingerprint density at radius 3 is 2.53 bits per heavy atom. The van der Waals surface area contributed by atoms with Crippen molar-refractivity contribution >= 4 is 5.91 Å². The van der Waals surface area contributed by atoms with Gasteiger partial charge in [-0.1, -0.05) is 30.3 Å². The Morgan fingerprint density at radius 1 is 0.941 bits per heavy atom. The third-order valence-electron chi connectivity index (χ3n) is 5.41. The summed E-state index contributed by atoms with van der Waals surface area (Å²) in [6.45, 7) is 0.521. The second-order valence-electron chi connectivity index (χ2n) is 7.69. The third-order valence-corrected chi connectivity index (χ3v) is 5.41. The fourth-order valence-electron chi connectivity index (χ4n) is 3.61. The second-order valence-corrected chi connectivity index (χ2v) is 7.69. The lowest BCUT2D eigenvalue weighted by Crippen LogP contribution is -2.22. The van der Waals surface area contributed by atoms with E-state index in [1.165, 1.54) is 6.07 Å². The molecule has 0 fully saturated rings. The highest BCUT2D eigenvalue weighted by Gasteiger charge is 2.30. The van der Waals surface area contributed by atoms with Gasteiger partial charge in [0, 0.05) is 17.7 Å². The SMILES string of the molecule is O=C(NCc1ccc2c(c1)OCO2)c1ccc(-c2cc(-c3cccc(C(F)(F)F)c3)n[nH]2)cc1. The van der Waals surface area contributed by atoms with Crippen LogP contribution in [0.3, 0.4) is 0 Å². The van der Waals surface area contributed by atoms with E-state index in [0.29, 0.717) is 40.6 Å². The summed E-state index contributed by atoms with van der Waals surface area (Å²) in [6, 6.07) is 19.0. The number of nitrogens with one attached hydrogen (secondary N) is 2. The van der Waals surface area contributed by atoms with E-state index in [9.17, 15) is 18.0 Å². The van der Waals surface area contributed by atoms with E-state index >= 15 is 0 Å². The molecule has 0 radical (unpaired) electrons. The van der Waals surface area contributed by atoms with Crippen molar-refractivity contribution < 1.29 is 27.4 Å². The van der Waals surface area contributed by atoms with Crippen LogP contribution in [0, 0.1) is 0 Å². The van der Waals surface area contributed by atoms with Crippen LogP contribution in [0.15, 0.2) is 72.8 Å². The maximum Gasteiger partial charge on any atom is 0.416 e. The van der Waals surface area contributed by atoms with Gasteiger partial charge in [0.2, 0.25) is 6.79 Å². The quantitative estimate of drug-likeness (QED) is 0.413. The van der Waals surface area contributed by atoms with Crippen molar-refractivity contribution in [3.63, 3.8) is 0 Å². The van der Waals surface area contributed by atoms with Crippen molar-refractivity contribution in [2.45, 2.75) is 12.7 Å². The Labute approximate surface area is 192 Å². The minimum atomic E-state index is -4.42. The van der Waals surface area contributed by atoms with E-state index in [0.717, 1.165) is 23.3 Å². The average Bonchev–Trinajstić information content (AvgIpc) is 3.52. The number of hydrogen-bond acceptors (Lipinski definition) is 4. The molecule has 34 heavy (non-hydrogen) atoms. The molecule has 0 saturated carbocycles. The lowest BCUT2D eigenvalue weighted by molar-refractivity contribution is -0.137. The zero-order valence-electron chi connectivity index (χ0n) is 17.6. The molecule has 0 saturated heterocycles. The summed E-state index contributed by atoms with van der Waals surface area (Å²) in [5.41, 5.74) is 2.75. The first-order valence-electron chi connectivity index (χ1n) is 10.4. The Balaban J connectivity index is 1.26. The molecule has 5 rings (SSSR count). The van der Waals surface area contributed by atoms with Crippen LogP contribution in [-0.2, 0) is 12.7 Å². The number of rotatable bonds is 5. The number of halogens is 3. The molecule has 1 aliphatic heterocycles. The predicted molar refractivity (Wildman–Crippen MR) is 118 cm³/mol. The van der Waals surface area contributed by atoms with E-state index in [4.69, 9.17) is 9.47 Å². The van der Waals surface area contributed by atoms with E-state index in [1.54, 1.807) is 42.5 Å². The number of H-pyrrole nitrogens is 1. The summed E-state index contributed by atoms with van der Waals surface area (Å²) in [5, 5.41) is 9.84. The van der Waals surface area contributed by atoms with Crippen LogP contribution in [0.25, 0.3) is 22.5 Å². The highest BCUT2D eigenvalue weighted by Crippen LogP contribution is 2.33. The molecule has 0 spiro atoms. The number of nitrogens with zero attached hydrogens (tertiary/aromatic N) is 1. The van der Waals surface area contributed by atoms with Crippen molar-refractivity contribution in [3.05, 3.63) is 89.5 Å². The number of benzene rings is 3. The van der Waals surface area contributed by atoms with Gasteiger partial charge in [0.25, 0.3) is 5.91 Å². The minimum Gasteiger partial charge on any atom is -0.454 e. The summed E-state index contributed by atoms with van der Waals surface area (Å²) in [7, 11) is 0. The molecule has 3 aromatic carbocycles. The Hall–Kier alpha value is -4.27. The molecule has 0 bridgehead atoms. The molecule has 172 valence electrons. The Kier molecular flexibility index (Phi) is 5.45. The summed E-state index contributed by atoms with van der Waals surface area (Å²) in [6.07, 6.45) is -4.42. The fraction of sp³-hybridized carbons (Fsp3) is 0.120. The molecular weight excluding hydrogens is 447 g/mol. The lowest BCUT2D eigenvalue weighted by atomic mass is 10.1. The van der Waals surface area contributed by atoms with E-state index in [1.807, 2.05) is 12.1 Å². The third kappa shape index (κ3) is 4.45. The Morgan fingerprint density at radius 2 is 1.74 bits per heavy atom. The molecule has 4 aromatic rings. The molecule has 9 heteroatoms. The molecule has 1 aliphatic rings. The molecule has 2 N–H and O–H groups in total. The molecule has 1 amide bonds. The highest BCUT2D eigenvalue weighted by molar-refractivity contribution is 5.94. The van der Waals surface area contributed by atoms with Crippen LogP contribution in [0.5, 0.6) is 11.5 Å². The first-order chi connectivity index (χ1) is 16.4. The number of aromatic amines is 1. The number of carbonyl (C=O) groups excluding carboxylic acids is 1. The Bertz CT molecular complexity index is 1350. The van der Waals surface area contributed by atoms with Gasteiger partial charge in [-0.3, -0.25) is 9.89 Å². The molecule has 0 atom stereocenters. The van der Waals surface area contributed by atoms with Crippen molar-refractivity contribution in [1.29, 1.82) is 0 Å². The maximum atomic E-state index is 13.0. The number of aromatic nitrogens is 2. The van der Waals surface area contributed by atoms with E-state index in [2.05, 4.69) is 15.5 Å². The van der Waals surface area contributed by atoms with Crippen LogP contribution in [0.1, 0.15) is 21.5 Å². The fourth-order valence-corrected chi connectivity index (χ4v) is 3.61. The van der Waals surface area contributed by atoms with Crippen LogP contribution in [0.4, 0.5) is 13.2 Å². The predicted octanol–water partition coefficient (Wildman–Crippen LogP) is 5.42. The van der Waals surface area contributed by atoms with Crippen molar-refractivity contribution in [3.8, 4) is 34.0 Å². The smallest absolute Gasteiger partial charge is 0.416 e. The normalized spacial score (nSPS) is 12.6. The molecule has 0 aliphatic carbocycles. The first kappa shape index (κ1) is 21.6. The van der Waals surface area contributed by atoms with Crippen LogP contribution >= 0.6 is 0 Å². The zero-order valence-corrected chi connectivity index (χ0v) is 17.6. The van der Waals surface area contributed by atoms with Gasteiger partial charge < -0.3 is 14.8 Å². The van der Waals surface area contributed by atoms with Crippen LogP contribution in [-0.4, -0.2) is 22.9 Å². The number of ether oxygens (including phenoxy) is 2. The standard InChI is InChI=1S/C25H18F3N3O3/c26-25(27,28)19-3-1-2-18(11-19)21-12-20(30-31-21)16-5-7-17(8-6-16)24(32)29-13-15-4-9-22-23(10-15)34-14-33-22/h1-12H,13-14H2,(H,29,32)(H,30,31). The van der Waals surface area contributed by atoms with Gasteiger partial charge in [-0.15, -0.1) is 0 Å². The monoisotopic (exact) mass is 465 g/mol. The summed E-state index contributed by atoms with van der Waals surface area (Å²) >= 11 is 0. The molecule has 2 heterocycles. The van der Waals surface area contributed by atoms with E-state index < -0.39 is 11.7 Å². The van der Waals surface area contributed by atoms with E-state index in [-0.39, 0.29) is 12.7 Å². The van der Waals surface area contributed by atoms with Gasteiger partial charge in [-0.25, -0.2) is 0 Å². The number of hydrogen-bond donors (Lipinski definition) is 2. The summed E-state index contributed by atoms with van der Waals surface area (Å²) < 4.78 is 49.6. The number of amides is 1. The number of fused-ring (bicyclic) bond motifs is 1. The number of alkyl halides is 3. The van der Waals surface area contributed by atoms with Crippen LogP contribution < -0.4 is 14.8 Å². The second kappa shape index (κ2) is 8.58. The highest BCUT2D eigenvalue weighted by atomic mass is 19.4. The van der Waals surface area contributed by atoms with Crippen molar-refractivity contribution in [2.75, 3.05) is 6.79 Å². The minimum absolute atomic E-state index is 0.190. The van der Waals surface area contributed by atoms with Gasteiger partial charge in [0.15, 0.2) is 11.5 Å². The first-order valence-corrected chi connectivity index (χ1v) is 10.4. The van der Waals surface area contributed by atoms with Gasteiger partial charge in [-0.05, 0) is 53.6 Å². The zero-order chi connectivity index (χ0) is 23.7. The van der Waals surface area contributed by atoms with Gasteiger partial charge in [0.05, 0.1) is 17.0 Å². The molecule has 0 unspecified atom stereocenters. The lowest BCUT2D eigenvalue weighted by Gasteiger charge is -2.07. The maximum absolute atomic E-state index is 13.0. The molecule has 1 aromatic heterocycles. The molecular formula is C25H18F3N3O3. The van der Waals surface area contributed by atoms with Gasteiger partial charge in [0.1, 0.15) is 0 Å². The summed E-state index contributed by atoms with van der Waals surface area (Å²) in [5.74, 6) is 1.10. The average molecular weight is 465 g/mol. The van der Waals surface area contributed by atoms with Gasteiger partial charge in [-0.2, -0.15) is 18.3 Å². The van der Waals surface area contributed by atoms with Gasteiger partial charge >= 0.3 is 6.18 Å². The largest absolute Gasteiger partial charge is 0.454 e. The van der Waals surface area contributed by atoms with Crippen molar-refractivity contribution in [1.82, 2.24) is 15.5 Å². The number of carbonyl (C=O) groups is 1. The van der Waals surface area contributed by atoms with Crippen LogP contribution in [0.2, 0.25) is 0 Å². The summed E-state index contributed by atoms with van der Waals surface area (Å²) in [4.78, 5) is 12.5. The molecule has 6 nitrogen and oxygen atoms in total. The topological polar surface area (TPSA) is 76.2 Å². The van der Waals surface area contributed by atoms with Crippen molar-refractivity contribution in [2.24, 2.45) is 0 Å².